The van der Waals surface area contributed by atoms with Crippen LogP contribution in [0.15, 0.2) is 44.8 Å². The Balaban J connectivity index is 2.28. The fourth-order valence-electron chi connectivity index (χ4n) is 1.14. The summed E-state index contributed by atoms with van der Waals surface area (Å²) in [7, 11) is 0. The molecule has 0 bridgehead atoms. The predicted molar refractivity (Wildman–Crippen MR) is 64.0 cm³/mol. The fraction of sp³-hybridized carbons (Fsp3) is 0.0909. The maximum Gasteiger partial charge on any atom is 0.0676 e. The zero-order chi connectivity index (χ0) is 9.97. The van der Waals surface area contributed by atoms with E-state index in [1.165, 1.54) is 9.77 Å². The molecule has 0 aliphatic heterocycles. The largest absolute Gasteiger partial charge is 0.398 e. The molecule has 1 aromatic heterocycles. The van der Waals surface area contributed by atoms with Gasteiger partial charge in [0.25, 0.3) is 0 Å². The van der Waals surface area contributed by atoms with Gasteiger partial charge in [-0.15, -0.1) is 11.3 Å². The minimum Gasteiger partial charge on any atom is -0.398 e. The maximum absolute atomic E-state index is 5.87. The molecular formula is C11H11NS2. The summed E-state index contributed by atoms with van der Waals surface area (Å²) in [4.78, 5) is 1.14. The first-order valence-electron chi connectivity index (χ1n) is 4.34. The second-order valence-electron chi connectivity index (χ2n) is 3.03. The van der Waals surface area contributed by atoms with E-state index in [1.807, 2.05) is 18.2 Å². The van der Waals surface area contributed by atoms with Crippen LogP contribution in [-0.2, 0) is 0 Å². The minimum atomic E-state index is 0.852. The molecule has 1 nitrogen and oxygen atoms in total. The van der Waals surface area contributed by atoms with Gasteiger partial charge in [-0.1, -0.05) is 23.9 Å². The molecular weight excluding hydrogens is 210 g/mol. The van der Waals surface area contributed by atoms with Crippen molar-refractivity contribution in [1.82, 2.24) is 0 Å². The zero-order valence-corrected chi connectivity index (χ0v) is 9.49. The third-order valence-corrected chi connectivity index (χ3v) is 4.38. The number of nitrogens with two attached hydrogens (primary N) is 1. The van der Waals surface area contributed by atoms with Gasteiger partial charge < -0.3 is 5.73 Å². The van der Waals surface area contributed by atoms with Crippen LogP contribution in [-0.4, -0.2) is 0 Å². The molecule has 1 heterocycles. The number of aryl methyl sites for hydroxylation is 1. The van der Waals surface area contributed by atoms with Crippen molar-refractivity contribution in [2.24, 2.45) is 0 Å². The molecule has 0 spiro atoms. The normalized spacial score (nSPS) is 10.4. The van der Waals surface area contributed by atoms with Crippen molar-refractivity contribution < 1.29 is 0 Å². The molecule has 0 saturated carbocycles. The topological polar surface area (TPSA) is 26.0 Å². The lowest BCUT2D eigenvalue weighted by Crippen LogP contribution is -1.86. The van der Waals surface area contributed by atoms with Gasteiger partial charge in [-0.25, -0.2) is 0 Å². The monoisotopic (exact) mass is 221 g/mol. The third-order valence-electron chi connectivity index (χ3n) is 1.94. The number of anilines is 1. The molecule has 14 heavy (non-hydrogen) atoms. The van der Waals surface area contributed by atoms with Crippen molar-refractivity contribution in [2.45, 2.75) is 16.0 Å². The van der Waals surface area contributed by atoms with Gasteiger partial charge in [0.05, 0.1) is 4.21 Å². The van der Waals surface area contributed by atoms with Crippen molar-refractivity contribution in [3.8, 4) is 0 Å². The molecule has 72 valence electrons. The van der Waals surface area contributed by atoms with Crippen molar-refractivity contribution in [2.75, 3.05) is 5.73 Å². The molecule has 0 aliphatic carbocycles. The molecule has 2 N–H and O–H groups in total. The highest BCUT2D eigenvalue weighted by atomic mass is 32.2. The summed E-state index contributed by atoms with van der Waals surface area (Å²) in [6.45, 7) is 2.12. The molecule has 0 aliphatic rings. The lowest BCUT2D eigenvalue weighted by Gasteiger charge is -2.03. The molecule has 0 unspecified atom stereocenters. The second kappa shape index (κ2) is 4.07. The number of para-hydroxylation sites is 1. The van der Waals surface area contributed by atoms with Crippen LogP contribution in [0.3, 0.4) is 0 Å². The third kappa shape index (κ3) is 1.94. The first-order chi connectivity index (χ1) is 6.77. The summed E-state index contributed by atoms with van der Waals surface area (Å²) in [6, 6.07) is 10.1. The second-order valence-corrected chi connectivity index (χ2v) is 5.26. The standard InChI is InChI=1S/C11H11NS2/c1-8-6-7-13-11(8)14-10-5-3-2-4-9(10)12/h2-7H,12H2,1H3. The highest BCUT2D eigenvalue weighted by Gasteiger charge is 2.04. The molecule has 0 atom stereocenters. The summed E-state index contributed by atoms with van der Waals surface area (Å²) < 4.78 is 1.32. The summed E-state index contributed by atoms with van der Waals surface area (Å²) in [5.74, 6) is 0. The SMILES string of the molecule is Cc1ccsc1Sc1ccccc1N. The highest BCUT2D eigenvalue weighted by molar-refractivity contribution is 8.01. The van der Waals surface area contributed by atoms with E-state index in [4.69, 9.17) is 5.73 Å². The van der Waals surface area contributed by atoms with Gasteiger partial charge in [0.2, 0.25) is 0 Å². The predicted octanol–water partition coefficient (Wildman–Crippen LogP) is 3.79. The van der Waals surface area contributed by atoms with E-state index < -0.39 is 0 Å². The van der Waals surface area contributed by atoms with Crippen LogP contribution < -0.4 is 5.73 Å². The van der Waals surface area contributed by atoms with Crippen molar-refractivity contribution in [1.29, 1.82) is 0 Å². The minimum absolute atomic E-state index is 0.852. The van der Waals surface area contributed by atoms with Crippen molar-refractivity contribution in [3.05, 3.63) is 41.3 Å². The average molecular weight is 221 g/mol. The lowest BCUT2D eigenvalue weighted by atomic mass is 10.3. The van der Waals surface area contributed by atoms with Crippen LogP contribution in [0.4, 0.5) is 5.69 Å². The first kappa shape index (κ1) is 9.62. The van der Waals surface area contributed by atoms with Crippen molar-refractivity contribution >= 4 is 28.8 Å². The highest BCUT2D eigenvalue weighted by Crippen LogP contribution is 2.36. The molecule has 0 amide bonds. The van der Waals surface area contributed by atoms with Gasteiger partial charge in [-0.05, 0) is 36.1 Å². The fourth-order valence-corrected chi connectivity index (χ4v) is 3.18. The Hall–Kier alpha value is -0.930. The molecule has 0 fully saturated rings. The van der Waals surface area contributed by atoms with Crippen LogP contribution in [0.25, 0.3) is 0 Å². The smallest absolute Gasteiger partial charge is 0.0676 e. The Kier molecular flexibility index (Phi) is 2.79. The van der Waals surface area contributed by atoms with E-state index in [2.05, 4.69) is 24.4 Å². The van der Waals surface area contributed by atoms with Gasteiger partial charge in [0, 0.05) is 10.6 Å². The van der Waals surface area contributed by atoms with Crippen LogP contribution in [0.1, 0.15) is 5.56 Å². The van der Waals surface area contributed by atoms with Crippen LogP contribution >= 0.6 is 23.1 Å². The molecule has 2 rings (SSSR count). The Bertz CT molecular complexity index is 434. The molecule has 1 aromatic carbocycles. The van der Waals surface area contributed by atoms with Gasteiger partial charge in [0.15, 0.2) is 0 Å². The average Bonchev–Trinajstić information content (AvgIpc) is 2.56. The zero-order valence-electron chi connectivity index (χ0n) is 7.86. The van der Waals surface area contributed by atoms with E-state index >= 15 is 0 Å². The van der Waals surface area contributed by atoms with Gasteiger partial charge in [0.1, 0.15) is 0 Å². The van der Waals surface area contributed by atoms with E-state index in [9.17, 15) is 0 Å². The van der Waals surface area contributed by atoms with Crippen LogP contribution in [0.2, 0.25) is 0 Å². The molecule has 0 radical (unpaired) electrons. The summed E-state index contributed by atoms with van der Waals surface area (Å²) in [5, 5.41) is 2.11. The van der Waals surface area contributed by atoms with Gasteiger partial charge >= 0.3 is 0 Å². The Morgan fingerprint density at radius 1 is 1.21 bits per heavy atom. The van der Waals surface area contributed by atoms with E-state index in [0.717, 1.165) is 10.6 Å². The quantitative estimate of drug-likeness (QED) is 0.781. The summed E-state index contributed by atoms with van der Waals surface area (Å²) in [5.41, 5.74) is 8.05. The Morgan fingerprint density at radius 2 is 2.00 bits per heavy atom. The lowest BCUT2D eigenvalue weighted by molar-refractivity contribution is 1.40. The summed E-state index contributed by atoms with van der Waals surface area (Å²) in [6.07, 6.45) is 0. The van der Waals surface area contributed by atoms with E-state index in [0.29, 0.717) is 0 Å². The molecule has 0 saturated heterocycles. The number of rotatable bonds is 2. The summed E-state index contributed by atoms with van der Waals surface area (Å²) >= 11 is 3.50. The maximum atomic E-state index is 5.87. The number of hydrogen-bond donors (Lipinski definition) is 1. The number of nitrogen functional groups attached to an aromatic ring is 1. The Morgan fingerprint density at radius 3 is 2.64 bits per heavy atom. The molecule has 3 heteroatoms. The molecule has 2 aromatic rings. The van der Waals surface area contributed by atoms with Crippen molar-refractivity contribution in [3.63, 3.8) is 0 Å². The van der Waals surface area contributed by atoms with Gasteiger partial charge in [-0.2, -0.15) is 0 Å². The van der Waals surface area contributed by atoms with Gasteiger partial charge in [-0.3, -0.25) is 0 Å². The number of thiophene rings is 1. The van der Waals surface area contributed by atoms with E-state index in [-0.39, 0.29) is 0 Å². The van der Waals surface area contributed by atoms with Crippen LogP contribution in [0, 0.1) is 6.92 Å². The van der Waals surface area contributed by atoms with Crippen LogP contribution in [0.5, 0.6) is 0 Å². The Labute approximate surface area is 92.0 Å². The first-order valence-corrected chi connectivity index (χ1v) is 6.03. The number of benzene rings is 1. The van der Waals surface area contributed by atoms with E-state index in [1.54, 1.807) is 23.1 Å². The number of hydrogen-bond acceptors (Lipinski definition) is 3.